The summed E-state index contributed by atoms with van der Waals surface area (Å²) in [4.78, 5) is 33.6. The van der Waals surface area contributed by atoms with E-state index in [4.69, 9.17) is 0 Å². The van der Waals surface area contributed by atoms with Gasteiger partial charge >= 0.3 is 0 Å². The molecule has 0 saturated heterocycles. The maximum Gasteiger partial charge on any atom is 0.271 e. The fourth-order valence-corrected chi connectivity index (χ4v) is 2.07. The molecule has 2 amide bonds. The Morgan fingerprint density at radius 2 is 1.77 bits per heavy atom. The zero-order valence-electron chi connectivity index (χ0n) is 14.1. The van der Waals surface area contributed by atoms with E-state index in [-0.39, 0.29) is 11.6 Å². The highest BCUT2D eigenvalue weighted by atomic mass is 16.6. The molecule has 2 aromatic carbocycles. The molecule has 0 radical (unpaired) electrons. The van der Waals surface area contributed by atoms with Crippen molar-refractivity contribution in [2.45, 2.75) is 19.8 Å². The summed E-state index contributed by atoms with van der Waals surface area (Å²) in [5.41, 5.74) is 3.98. The number of carbonyl (C=O) groups excluding carboxylic acids is 2. The molecule has 8 nitrogen and oxygen atoms in total. The third-order valence-corrected chi connectivity index (χ3v) is 3.39. The van der Waals surface area contributed by atoms with Gasteiger partial charge < -0.3 is 5.32 Å². The Morgan fingerprint density at radius 3 is 2.35 bits per heavy atom. The van der Waals surface area contributed by atoms with E-state index < -0.39 is 10.8 Å². The molecule has 2 rings (SSSR count). The summed E-state index contributed by atoms with van der Waals surface area (Å²) in [6.07, 6.45) is 2.60. The minimum Gasteiger partial charge on any atom is -0.326 e. The van der Waals surface area contributed by atoms with E-state index in [0.29, 0.717) is 23.2 Å². The molecule has 0 aliphatic heterocycles. The van der Waals surface area contributed by atoms with Crippen molar-refractivity contribution in [3.63, 3.8) is 0 Å². The van der Waals surface area contributed by atoms with Crippen LogP contribution in [0.15, 0.2) is 53.6 Å². The molecule has 8 heteroatoms. The molecule has 0 aromatic heterocycles. The van der Waals surface area contributed by atoms with Crippen LogP contribution in [0.3, 0.4) is 0 Å². The minimum absolute atomic E-state index is 0.0164. The largest absolute Gasteiger partial charge is 0.326 e. The molecule has 0 aliphatic carbocycles. The maximum absolute atomic E-state index is 12.0. The van der Waals surface area contributed by atoms with Crippen LogP contribution in [0.1, 0.15) is 35.7 Å². The molecular formula is C18H18N4O4. The molecule has 0 heterocycles. The van der Waals surface area contributed by atoms with Gasteiger partial charge in [0, 0.05) is 29.8 Å². The normalized spacial score (nSPS) is 10.5. The van der Waals surface area contributed by atoms with Gasteiger partial charge in [-0.3, -0.25) is 19.7 Å². The number of nitrogens with zero attached hydrogens (tertiary/aromatic N) is 2. The maximum atomic E-state index is 12.0. The van der Waals surface area contributed by atoms with Crippen molar-refractivity contribution in [2.24, 2.45) is 5.10 Å². The number of hydrogen-bond acceptors (Lipinski definition) is 5. The van der Waals surface area contributed by atoms with Crippen molar-refractivity contribution in [1.82, 2.24) is 5.43 Å². The number of nitrogens with one attached hydrogen (secondary N) is 2. The van der Waals surface area contributed by atoms with Gasteiger partial charge in [0.2, 0.25) is 5.91 Å². The molecule has 0 fully saturated rings. The number of carbonyl (C=O) groups is 2. The fraction of sp³-hybridized carbons (Fsp3) is 0.167. The van der Waals surface area contributed by atoms with E-state index in [0.717, 1.165) is 6.42 Å². The van der Waals surface area contributed by atoms with Gasteiger partial charge in [0.05, 0.1) is 11.1 Å². The topological polar surface area (TPSA) is 114 Å². The second-order valence-electron chi connectivity index (χ2n) is 5.42. The Labute approximate surface area is 150 Å². The minimum atomic E-state index is -0.489. The highest BCUT2D eigenvalue weighted by Gasteiger charge is 2.06. The summed E-state index contributed by atoms with van der Waals surface area (Å²) in [7, 11) is 0. The van der Waals surface area contributed by atoms with Gasteiger partial charge in [0.1, 0.15) is 0 Å². The van der Waals surface area contributed by atoms with Crippen molar-refractivity contribution in [3.05, 3.63) is 69.8 Å². The van der Waals surface area contributed by atoms with Gasteiger partial charge in [-0.15, -0.1) is 0 Å². The Hall–Kier alpha value is -3.55. The van der Waals surface area contributed by atoms with Crippen LogP contribution in [-0.2, 0) is 4.79 Å². The van der Waals surface area contributed by atoms with Gasteiger partial charge in [0.25, 0.3) is 11.6 Å². The molecule has 2 aromatic rings. The average molecular weight is 354 g/mol. The first-order valence-corrected chi connectivity index (χ1v) is 7.97. The monoisotopic (exact) mass is 354 g/mol. The van der Waals surface area contributed by atoms with Crippen LogP contribution in [0.4, 0.5) is 11.4 Å². The Kier molecular flexibility index (Phi) is 6.55. The van der Waals surface area contributed by atoms with Gasteiger partial charge in [0.15, 0.2) is 0 Å². The number of benzene rings is 2. The van der Waals surface area contributed by atoms with E-state index in [1.807, 2.05) is 6.92 Å². The van der Waals surface area contributed by atoms with E-state index in [9.17, 15) is 19.7 Å². The molecule has 0 saturated carbocycles. The van der Waals surface area contributed by atoms with Crippen molar-refractivity contribution in [1.29, 1.82) is 0 Å². The van der Waals surface area contributed by atoms with Crippen LogP contribution in [-0.4, -0.2) is 23.0 Å². The second kappa shape index (κ2) is 9.07. The zero-order valence-corrected chi connectivity index (χ0v) is 14.1. The van der Waals surface area contributed by atoms with Gasteiger partial charge in [-0.25, -0.2) is 5.43 Å². The van der Waals surface area contributed by atoms with Crippen molar-refractivity contribution < 1.29 is 14.5 Å². The van der Waals surface area contributed by atoms with Crippen LogP contribution in [0.2, 0.25) is 0 Å². The van der Waals surface area contributed by atoms with Crippen LogP contribution < -0.4 is 10.7 Å². The third-order valence-electron chi connectivity index (χ3n) is 3.39. The lowest BCUT2D eigenvalue weighted by atomic mass is 10.2. The molecule has 0 atom stereocenters. The summed E-state index contributed by atoms with van der Waals surface area (Å²) in [6, 6.07) is 12.2. The van der Waals surface area contributed by atoms with Gasteiger partial charge in [-0.05, 0) is 48.4 Å². The van der Waals surface area contributed by atoms with E-state index in [2.05, 4.69) is 15.8 Å². The highest BCUT2D eigenvalue weighted by molar-refractivity contribution is 5.96. The number of hydrogen-bond donors (Lipinski definition) is 2. The number of nitro benzene ring substituents is 1. The SMILES string of the molecule is CCCC(=O)Nc1ccc(C(=O)N/N=C\c2ccc([N+](=O)[O-])cc2)cc1. The van der Waals surface area contributed by atoms with E-state index >= 15 is 0 Å². The smallest absolute Gasteiger partial charge is 0.271 e. The lowest BCUT2D eigenvalue weighted by molar-refractivity contribution is -0.384. The highest BCUT2D eigenvalue weighted by Crippen LogP contribution is 2.11. The van der Waals surface area contributed by atoms with Crippen LogP contribution in [0.25, 0.3) is 0 Å². The Bertz CT molecular complexity index is 814. The predicted molar refractivity (Wildman–Crippen MR) is 98.1 cm³/mol. The number of hydrazone groups is 1. The first-order valence-electron chi connectivity index (χ1n) is 7.97. The lowest BCUT2D eigenvalue weighted by Crippen LogP contribution is -2.17. The van der Waals surface area contributed by atoms with Crippen molar-refractivity contribution >= 4 is 29.4 Å². The van der Waals surface area contributed by atoms with Gasteiger partial charge in [-0.2, -0.15) is 5.10 Å². The summed E-state index contributed by atoms with van der Waals surface area (Å²) < 4.78 is 0. The van der Waals surface area contributed by atoms with Gasteiger partial charge in [-0.1, -0.05) is 6.92 Å². The molecule has 0 bridgehead atoms. The van der Waals surface area contributed by atoms with E-state index in [1.165, 1.54) is 30.5 Å². The average Bonchev–Trinajstić information content (AvgIpc) is 2.63. The number of non-ortho nitro benzene ring substituents is 1. The van der Waals surface area contributed by atoms with Crippen LogP contribution in [0, 0.1) is 10.1 Å². The summed E-state index contributed by atoms with van der Waals surface area (Å²) in [5.74, 6) is -0.480. The molecule has 134 valence electrons. The first-order chi connectivity index (χ1) is 12.5. The Balaban J connectivity index is 1.90. The van der Waals surface area contributed by atoms with Crippen molar-refractivity contribution in [3.8, 4) is 0 Å². The fourth-order valence-electron chi connectivity index (χ4n) is 2.07. The first kappa shape index (κ1) is 18.8. The summed E-state index contributed by atoms with van der Waals surface area (Å²) in [6.45, 7) is 1.92. The second-order valence-corrected chi connectivity index (χ2v) is 5.42. The number of amides is 2. The lowest BCUT2D eigenvalue weighted by Gasteiger charge is -2.05. The molecule has 2 N–H and O–H groups in total. The Morgan fingerprint density at radius 1 is 1.12 bits per heavy atom. The molecule has 0 spiro atoms. The predicted octanol–water partition coefficient (Wildman–Crippen LogP) is 3.10. The van der Waals surface area contributed by atoms with Crippen LogP contribution >= 0.6 is 0 Å². The standard InChI is InChI=1S/C18H18N4O4/c1-2-3-17(23)20-15-8-6-14(7-9-15)18(24)21-19-12-13-4-10-16(11-5-13)22(25)26/h4-12H,2-3H2,1H3,(H,20,23)(H,21,24)/b19-12-. The summed E-state index contributed by atoms with van der Waals surface area (Å²) >= 11 is 0. The quantitative estimate of drug-likeness (QED) is 0.452. The molecule has 26 heavy (non-hydrogen) atoms. The third kappa shape index (κ3) is 5.52. The zero-order chi connectivity index (χ0) is 18.9. The van der Waals surface area contributed by atoms with Crippen molar-refractivity contribution in [2.75, 3.05) is 5.32 Å². The molecular weight excluding hydrogens is 336 g/mol. The molecule has 0 aliphatic rings. The number of rotatable bonds is 7. The number of anilines is 1. The van der Waals surface area contributed by atoms with E-state index in [1.54, 1.807) is 24.3 Å². The van der Waals surface area contributed by atoms with Crippen LogP contribution in [0.5, 0.6) is 0 Å². The molecule has 0 unspecified atom stereocenters. The summed E-state index contributed by atoms with van der Waals surface area (Å²) in [5, 5.41) is 17.1. The number of nitro groups is 1.